The number of aryl methyl sites for hydroxylation is 1. The zero-order valence-corrected chi connectivity index (χ0v) is 20.7. The molecule has 7 nitrogen and oxygen atoms in total. The molecule has 0 saturated heterocycles. The van der Waals surface area contributed by atoms with E-state index in [4.69, 9.17) is 14.2 Å². The zero-order chi connectivity index (χ0) is 22.8. The number of halogens is 2. The number of carbonyl (C=O) groups is 1. The summed E-state index contributed by atoms with van der Waals surface area (Å²) in [4.78, 5) is 20.6. The van der Waals surface area contributed by atoms with Crippen LogP contribution in [0, 0.1) is 12.7 Å². The first kappa shape index (κ1) is 23.4. The maximum atomic E-state index is 14.2. The summed E-state index contributed by atoms with van der Waals surface area (Å²) in [6, 6.07) is 7.58. The van der Waals surface area contributed by atoms with Gasteiger partial charge in [-0.2, -0.15) is 4.98 Å². The van der Waals surface area contributed by atoms with Crippen LogP contribution < -0.4 is 4.74 Å². The van der Waals surface area contributed by atoms with Crippen molar-refractivity contribution in [3.63, 3.8) is 0 Å². The lowest BCUT2D eigenvalue weighted by Gasteiger charge is -2.16. The molecule has 2 heterocycles. The molecule has 0 radical (unpaired) electrons. The maximum Gasteiger partial charge on any atom is 0.338 e. The van der Waals surface area contributed by atoms with E-state index in [0.717, 1.165) is 11.6 Å². The van der Waals surface area contributed by atoms with E-state index >= 15 is 0 Å². The molecule has 0 N–H and O–H groups in total. The van der Waals surface area contributed by atoms with E-state index in [0.29, 0.717) is 29.1 Å². The molecule has 0 spiro atoms. The average Bonchev–Trinajstić information content (AvgIpc) is 3.01. The van der Waals surface area contributed by atoms with Gasteiger partial charge in [0.2, 0.25) is 0 Å². The highest BCUT2D eigenvalue weighted by molar-refractivity contribution is 9.10. The Morgan fingerprint density at radius 3 is 2.65 bits per heavy atom. The summed E-state index contributed by atoms with van der Waals surface area (Å²) in [6.07, 6.45) is 0. The third kappa shape index (κ3) is 5.69. The number of ether oxygens (including phenoxy) is 3. The molecule has 0 aliphatic carbocycles. The minimum atomic E-state index is -1.25. The number of methoxy groups -OCH3 is 1. The van der Waals surface area contributed by atoms with E-state index in [-0.39, 0.29) is 17.3 Å². The summed E-state index contributed by atoms with van der Waals surface area (Å²) < 4.78 is 32.5. The summed E-state index contributed by atoms with van der Waals surface area (Å²) in [5.41, 5.74) is 1.91. The highest BCUT2D eigenvalue weighted by atomic mass is 79.9. The average molecular weight is 510 g/mol. The standard InChI is InChI=1S/C21H25BrFN3O4Si/c1-13-6-7-14(10-15(13)20(27)28-2)30-21-25-19-17(11-16(23)18(22)24-19)26(21)12-29-8-9-31(3,4)5/h6-7,10-11H,8-9,12H2,1-5H3. The van der Waals surface area contributed by atoms with Gasteiger partial charge in [0.15, 0.2) is 11.5 Å². The van der Waals surface area contributed by atoms with E-state index < -0.39 is 19.9 Å². The number of imidazole rings is 1. The third-order valence-electron chi connectivity index (χ3n) is 4.66. The van der Waals surface area contributed by atoms with Gasteiger partial charge in [0.25, 0.3) is 0 Å². The molecular weight excluding hydrogens is 485 g/mol. The Bertz CT molecular complexity index is 1110. The fraction of sp³-hybridized carbons (Fsp3) is 0.381. The summed E-state index contributed by atoms with van der Waals surface area (Å²) in [7, 11) is 0.0704. The molecule has 0 aliphatic rings. The van der Waals surface area contributed by atoms with Crippen LogP contribution in [0.2, 0.25) is 25.7 Å². The number of hydrogen-bond acceptors (Lipinski definition) is 6. The van der Waals surface area contributed by atoms with Crippen LogP contribution >= 0.6 is 15.9 Å². The lowest BCUT2D eigenvalue weighted by molar-refractivity contribution is 0.0599. The Balaban J connectivity index is 1.94. The van der Waals surface area contributed by atoms with Gasteiger partial charge in [-0.15, -0.1) is 0 Å². The summed E-state index contributed by atoms with van der Waals surface area (Å²) in [6.45, 7) is 9.33. The van der Waals surface area contributed by atoms with E-state index in [1.165, 1.54) is 13.2 Å². The molecule has 10 heteroatoms. The van der Waals surface area contributed by atoms with Crippen molar-refractivity contribution in [3.05, 3.63) is 45.8 Å². The van der Waals surface area contributed by atoms with E-state index in [1.54, 1.807) is 22.8 Å². The van der Waals surface area contributed by atoms with Crippen LogP contribution in [0.15, 0.2) is 28.9 Å². The van der Waals surface area contributed by atoms with Gasteiger partial charge in [-0.25, -0.2) is 14.2 Å². The predicted molar refractivity (Wildman–Crippen MR) is 122 cm³/mol. The number of aromatic nitrogens is 3. The fourth-order valence-electron chi connectivity index (χ4n) is 2.82. The largest absolute Gasteiger partial charge is 0.465 e. The number of carbonyl (C=O) groups excluding carboxylic acids is 1. The predicted octanol–water partition coefficient (Wildman–Crippen LogP) is 5.53. The topological polar surface area (TPSA) is 75.5 Å². The van der Waals surface area contributed by atoms with Crippen molar-refractivity contribution < 1.29 is 23.4 Å². The van der Waals surface area contributed by atoms with Crippen LogP contribution in [-0.4, -0.2) is 42.3 Å². The molecule has 3 aromatic rings. The third-order valence-corrected chi connectivity index (χ3v) is 6.92. The Morgan fingerprint density at radius 1 is 1.23 bits per heavy atom. The molecule has 0 fully saturated rings. The minimum absolute atomic E-state index is 0.0687. The Hall–Kier alpha value is -2.30. The second-order valence-corrected chi connectivity index (χ2v) is 14.7. The first-order chi connectivity index (χ1) is 14.6. The lowest BCUT2D eigenvalue weighted by Crippen LogP contribution is -2.22. The number of pyridine rings is 1. The van der Waals surface area contributed by atoms with Gasteiger partial charge in [0, 0.05) is 20.7 Å². The Morgan fingerprint density at radius 2 is 1.97 bits per heavy atom. The number of benzene rings is 1. The van der Waals surface area contributed by atoms with Gasteiger partial charge in [0.05, 0.1) is 18.2 Å². The molecule has 0 bridgehead atoms. The molecule has 0 atom stereocenters. The van der Waals surface area contributed by atoms with Crippen molar-refractivity contribution in [2.75, 3.05) is 13.7 Å². The van der Waals surface area contributed by atoms with E-state index in [9.17, 15) is 9.18 Å². The van der Waals surface area contributed by atoms with E-state index in [2.05, 4.69) is 45.5 Å². The molecule has 3 rings (SSSR count). The first-order valence-corrected chi connectivity index (χ1v) is 14.3. The molecule has 0 saturated carbocycles. The number of fused-ring (bicyclic) bond motifs is 1. The van der Waals surface area contributed by atoms with Gasteiger partial charge in [-0.1, -0.05) is 25.7 Å². The smallest absolute Gasteiger partial charge is 0.338 e. The number of esters is 1. The van der Waals surface area contributed by atoms with Crippen molar-refractivity contribution in [1.82, 2.24) is 14.5 Å². The molecule has 0 aliphatic heterocycles. The van der Waals surface area contributed by atoms with Crippen molar-refractivity contribution in [1.29, 1.82) is 0 Å². The molecule has 166 valence electrons. The molecule has 31 heavy (non-hydrogen) atoms. The molecule has 2 aromatic heterocycles. The summed E-state index contributed by atoms with van der Waals surface area (Å²) >= 11 is 3.09. The van der Waals surface area contributed by atoms with Crippen LogP contribution in [0.5, 0.6) is 11.8 Å². The van der Waals surface area contributed by atoms with Crippen LogP contribution in [0.4, 0.5) is 4.39 Å². The summed E-state index contributed by atoms with van der Waals surface area (Å²) in [5.74, 6) is -0.575. The minimum Gasteiger partial charge on any atom is -0.465 e. The highest BCUT2D eigenvalue weighted by Crippen LogP contribution is 2.29. The van der Waals surface area contributed by atoms with Crippen molar-refractivity contribution >= 4 is 41.1 Å². The second-order valence-electron chi connectivity index (χ2n) is 8.34. The van der Waals surface area contributed by atoms with E-state index in [1.807, 2.05) is 6.92 Å². The normalized spacial score (nSPS) is 11.7. The van der Waals surface area contributed by atoms with Crippen molar-refractivity contribution in [3.8, 4) is 11.8 Å². The van der Waals surface area contributed by atoms with Gasteiger partial charge in [0.1, 0.15) is 17.1 Å². The molecule has 0 unspecified atom stereocenters. The number of rotatable bonds is 8. The zero-order valence-electron chi connectivity index (χ0n) is 18.2. The number of hydrogen-bond donors (Lipinski definition) is 0. The van der Waals surface area contributed by atoms with Crippen LogP contribution in [0.1, 0.15) is 15.9 Å². The maximum absolute atomic E-state index is 14.2. The lowest BCUT2D eigenvalue weighted by atomic mass is 10.1. The monoisotopic (exact) mass is 509 g/mol. The van der Waals surface area contributed by atoms with Crippen molar-refractivity contribution in [2.24, 2.45) is 0 Å². The fourth-order valence-corrected chi connectivity index (χ4v) is 3.86. The number of nitrogens with zero attached hydrogens (tertiary/aromatic N) is 3. The van der Waals surface area contributed by atoms with Gasteiger partial charge in [-0.3, -0.25) is 4.57 Å². The molecule has 1 aromatic carbocycles. The molecule has 0 amide bonds. The van der Waals surface area contributed by atoms with Crippen molar-refractivity contribution in [2.45, 2.75) is 39.3 Å². The Labute approximate surface area is 189 Å². The summed E-state index contributed by atoms with van der Waals surface area (Å²) in [5, 5.41) is 0. The van der Waals surface area contributed by atoms with Gasteiger partial charge >= 0.3 is 12.0 Å². The van der Waals surface area contributed by atoms with Crippen LogP contribution in [0.25, 0.3) is 11.2 Å². The van der Waals surface area contributed by atoms with Crippen LogP contribution in [-0.2, 0) is 16.2 Å². The Kier molecular flexibility index (Phi) is 7.12. The SMILES string of the molecule is COC(=O)c1cc(Oc2nc3nc(Br)c(F)cc3n2COCC[Si](C)(C)C)ccc1C. The van der Waals surface area contributed by atoms with Gasteiger partial charge < -0.3 is 14.2 Å². The molecular formula is C21H25BrFN3O4Si. The first-order valence-electron chi connectivity index (χ1n) is 9.76. The second kappa shape index (κ2) is 9.45. The highest BCUT2D eigenvalue weighted by Gasteiger charge is 2.19. The quantitative estimate of drug-likeness (QED) is 0.172. The van der Waals surface area contributed by atoms with Crippen LogP contribution in [0.3, 0.4) is 0 Å². The van der Waals surface area contributed by atoms with Gasteiger partial charge in [-0.05, 0) is 46.6 Å².